The third kappa shape index (κ3) is 1.61. The number of nitrogens with zero attached hydrogens (tertiary/aromatic N) is 2. The fourth-order valence-electron chi connectivity index (χ4n) is 0.532. The van der Waals surface area contributed by atoms with E-state index >= 15 is 0 Å². The van der Waals surface area contributed by atoms with Crippen molar-refractivity contribution < 1.29 is 0 Å². The van der Waals surface area contributed by atoms with E-state index in [4.69, 9.17) is 0 Å². The molecule has 0 N–H and O–H groups in total. The van der Waals surface area contributed by atoms with Crippen molar-refractivity contribution >= 4 is 17.6 Å². The van der Waals surface area contributed by atoms with E-state index in [2.05, 4.69) is 9.36 Å². The largest absolute Gasteiger partial charge is 0.221 e. The minimum Gasteiger partial charge on any atom is -0.221 e. The van der Waals surface area contributed by atoms with Crippen LogP contribution in [0.15, 0.2) is 6.08 Å². The van der Waals surface area contributed by atoms with Gasteiger partial charge in [-0.2, -0.15) is 4.37 Å². The molecule has 0 aliphatic rings. The quantitative estimate of drug-likeness (QED) is 0.595. The summed E-state index contributed by atoms with van der Waals surface area (Å²) in [4.78, 5) is 4.12. The van der Waals surface area contributed by atoms with Gasteiger partial charge in [-0.05, 0) is 31.5 Å². The summed E-state index contributed by atoms with van der Waals surface area (Å²) in [5.74, 6) is 0.819. The van der Waals surface area contributed by atoms with E-state index in [1.165, 1.54) is 11.5 Å². The molecule has 0 saturated carbocycles. The lowest BCUT2D eigenvalue weighted by molar-refractivity contribution is 1.22. The number of aromatic nitrogens is 2. The second-order valence-electron chi connectivity index (χ2n) is 1.67. The molecule has 0 aliphatic heterocycles. The van der Waals surface area contributed by atoms with Crippen molar-refractivity contribution in [2.45, 2.75) is 13.8 Å². The molecule has 0 fully saturated rings. The summed E-state index contributed by atoms with van der Waals surface area (Å²) < 4.78 is 4.05. The summed E-state index contributed by atoms with van der Waals surface area (Å²) in [6.45, 7) is 3.90. The highest BCUT2D eigenvalue weighted by molar-refractivity contribution is 7.05. The first-order valence-corrected chi connectivity index (χ1v) is 3.53. The topological polar surface area (TPSA) is 25.8 Å². The SMILES string of the molecule is CC=Cc1nsc(C)n1. The highest BCUT2D eigenvalue weighted by atomic mass is 32.1. The van der Waals surface area contributed by atoms with Crippen LogP contribution in [0, 0.1) is 6.92 Å². The minimum absolute atomic E-state index is 0.819. The first kappa shape index (κ1) is 6.42. The van der Waals surface area contributed by atoms with Crippen LogP contribution in [0.3, 0.4) is 0 Å². The van der Waals surface area contributed by atoms with Crippen molar-refractivity contribution in [3.05, 3.63) is 16.9 Å². The molecule has 1 rings (SSSR count). The van der Waals surface area contributed by atoms with Crippen LogP contribution in [-0.4, -0.2) is 9.36 Å². The predicted molar refractivity (Wildman–Crippen MR) is 39.4 cm³/mol. The molecule has 0 amide bonds. The highest BCUT2D eigenvalue weighted by Crippen LogP contribution is 2.02. The van der Waals surface area contributed by atoms with Crippen molar-refractivity contribution in [1.29, 1.82) is 0 Å². The Labute approximate surface area is 58.4 Å². The van der Waals surface area contributed by atoms with Gasteiger partial charge in [0, 0.05) is 0 Å². The van der Waals surface area contributed by atoms with Crippen LogP contribution < -0.4 is 0 Å². The lowest BCUT2D eigenvalue weighted by Crippen LogP contribution is -1.72. The lowest BCUT2D eigenvalue weighted by atomic mass is 10.5. The Morgan fingerprint density at radius 2 is 2.33 bits per heavy atom. The second kappa shape index (κ2) is 2.73. The Bertz CT molecular complexity index is 215. The summed E-state index contributed by atoms with van der Waals surface area (Å²) >= 11 is 1.43. The van der Waals surface area contributed by atoms with E-state index < -0.39 is 0 Å². The number of rotatable bonds is 1. The van der Waals surface area contributed by atoms with Gasteiger partial charge in [0.1, 0.15) is 5.01 Å². The van der Waals surface area contributed by atoms with Crippen molar-refractivity contribution in [1.82, 2.24) is 9.36 Å². The molecule has 0 radical (unpaired) electrons. The van der Waals surface area contributed by atoms with Gasteiger partial charge < -0.3 is 0 Å². The maximum Gasteiger partial charge on any atom is 0.165 e. The van der Waals surface area contributed by atoms with Gasteiger partial charge in [-0.15, -0.1) is 0 Å². The minimum atomic E-state index is 0.819. The number of hydrogen-bond donors (Lipinski definition) is 0. The zero-order valence-electron chi connectivity index (χ0n) is 5.46. The van der Waals surface area contributed by atoms with E-state index in [9.17, 15) is 0 Å². The molecular weight excluding hydrogens is 132 g/mol. The molecule has 48 valence electrons. The third-order valence-corrected chi connectivity index (χ3v) is 1.49. The van der Waals surface area contributed by atoms with Gasteiger partial charge in [-0.25, -0.2) is 4.98 Å². The molecule has 9 heavy (non-hydrogen) atoms. The Morgan fingerprint density at radius 1 is 1.56 bits per heavy atom. The molecule has 1 heterocycles. The molecular formula is C6H8N2S. The third-order valence-electron chi connectivity index (χ3n) is 0.859. The summed E-state index contributed by atoms with van der Waals surface area (Å²) in [6, 6.07) is 0. The van der Waals surface area contributed by atoms with E-state index in [1.54, 1.807) is 0 Å². The Hall–Kier alpha value is -0.700. The number of allylic oxidation sites excluding steroid dienone is 1. The van der Waals surface area contributed by atoms with E-state index in [0.717, 1.165) is 10.8 Å². The van der Waals surface area contributed by atoms with Gasteiger partial charge in [0.25, 0.3) is 0 Å². The van der Waals surface area contributed by atoms with Crippen LogP contribution in [0.25, 0.3) is 6.08 Å². The molecule has 0 atom stereocenters. The first-order valence-electron chi connectivity index (χ1n) is 2.76. The van der Waals surface area contributed by atoms with Gasteiger partial charge in [-0.1, -0.05) is 6.08 Å². The normalized spacial score (nSPS) is 10.9. The average Bonchev–Trinajstić information content (AvgIpc) is 2.17. The van der Waals surface area contributed by atoms with Gasteiger partial charge in [-0.3, -0.25) is 0 Å². The highest BCUT2D eigenvalue weighted by Gasteiger charge is 1.91. The van der Waals surface area contributed by atoms with Gasteiger partial charge in [0.05, 0.1) is 0 Å². The number of aryl methyl sites for hydroxylation is 1. The molecule has 1 aromatic rings. The molecule has 0 saturated heterocycles. The fourth-order valence-corrected chi connectivity index (χ4v) is 0.993. The van der Waals surface area contributed by atoms with E-state index in [0.29, 0.717) is 0 Å². The Balaban J connectivity index is 2.85. The standard InChI is InChI=1S/C6H8N2S/c1-3-4-6-7-5(2)9-8-6/h3-4H,1-2H3. The average molecular weight is 140 g/mol. The van der Waals surface area contributed by atoms with Gasteiger partial charge in [0.2, 0.25) is 0 Å². The smallest absolute Gasteiger partial charge is 0.165 e. The fraction of sp³-hybridized carbons (Fsp3) is 0.333. The van der Waals surface area contributed by atoms with E-state index in [-0.39, 0.29) is 0 Å². The Kier molecular flexibility index (Phi) is 1.95. The molecule has 0 unspecified atom stereocenters. The molecule has 2 nitrogen and oxygen atoms in total. The van der Waals surface area contributed by atoms with Crippen molar-refractivity contribution in [2.75, 3.05) is 0 Å². The number of hydrogen-bond acceptors (Lipinski definition) is 3. The molecule has 0 bridgehead atoms. The summed E-state index contributed by atoms with van der Waals surface area (Å²) in [5.41, 5.74) is 0. The maximum atomic E-state index is 4.12. The van der Waals surface area contributed by atoms with E-state index in [1.807, 2.05) is 26.0 Å². The Morgan fingerprint density at radius 3 is 2.78 bits per heavy atom. The molecule has 0 aliphatic carbocycles. The van der Waals surface area contributed by atoms with Crippen LogP contribution in [0.2, 0.25) is 0 Å². The molecule has 3 heteroatoms. The van der Waals surface area contributed by atoms with Crippen molar-refractivity contribution in [3.8, 4) is 0 Å². The molecule has 1 aromatic heterocycles. The maximum absolute atomic E-state index is 4.12. The summed E-state index contributed by atoms with van der Waals surface area (Å²) in [5, 5.41) is 1.02. The van der Waals surface area contributed by atoms with Crippen LogP contribution in [-0.2, 0) is 0 Å². The zero-order chi connectivity index (χ0) is 6.69. The van der Waals surface area contributed by atoms with Gasteiger partial charge >= 0.3 is 0 Å². The van der Waals surface area contributed by atoms with Gasteiger partial charge in [0.15, 0.2) is 5.82 Å². The first-order chi connectivity index (χ1) is 4.33. The molecule has 0 aromatic carbocycles. The van der Waals surface area contributed by atoms with Crippen molar-refractivity contribution in [2.24, 2.45) is 0 Å². The monoisotopic (exact) mass is 140 g/mol. The van der Waals surface area contributed by atoms with Crippen molar-refractivity contribution in [3.63, 3.8) is 0 Å². The van der Waals surface area contributed by atoms with Crippen LogP contribution >= 0.6 is 11.5 Å². The van der Waals surface area contributed by atoms with Crippen LogP contribution in [0.5, 0.6) is 0 Å². The lowest BCUT2D eigenvalue weighted by Gasteiger charge is -1.74. The predicted octanol–water partition coefficient (Wildman–Crippen LogP) is 1.88. The zero-order valence-corrected chi connectivity index (χ0v) is 6.27. The van der Waals surface area contributed by atoms with Crippen LogP contribution in [0.4, 0.5) is 0 Å². The summed E-state index contributed by atoms with van der Waals surface area (Å²) in [7, 11) is 0. The second-order valence-corrected chi connectivity index (χ2v) is 2.63. The summed E-state index contributed by atoms with van der Waals surface area (Å²) in [6.07, 6.45) is 3.82. The van der Waals surface area contributed by atoms with Crippen LogP contribution in [0.1, 0.15) is 17.8 Å². The molecule has 0 spiro atoms.